The normalized spacial score (nSPS) is 18.1. The summed E-state index contributed by atoms with van der Waals surface area (Å²) in [4.78, 5) is 2.44. The van der Waals surface area contributed by atoms with E-state index in [1.165, 1.54) is 4.31 Å². The van der Waals surface area contributed by atoms with E-state index in [4.69, 9.17) is 5.11 Å². The number of hydrogen-bond acceptors (Lipinski definition) is 4. The van der Waals surface area contributed by atoms with E-state index in [1.54, 1.807) is 6.07 Å². The standard InChI is InChI=1S/C14H21BrN2O3S/c1-11-9-12(2)14(10-13(11)15)21(19,20)17-5-3-16(4-6-17)7-8-18/h9-10,18H,3-8H2,1-2H3. The second-order valence-corrected chi connectivity index (χ2v) is 8.10. The van der Waals surface area contributed by atoms with Crippen LogP contribution in [0.15, 0.2) is 21.5 Å². The number of hydrogen-bond donors (Lipinski definition) is 1. The fourth-order valence-corrected chi connectivity index (χ4v) is 4.71. The van der Waals surface area contributed by atoms with Gasteiger partial charge >= 0.3 is 0 Å². The summed E-state index contributed by atoms with van der Waals surface area (Å²) in [5, 5.41) is 8.94. The Kier molecular flexibility index (Phi) is 5.43. The third kappa shape index (κ3) is 3.65. The Morgan fingerprint density at radius 3 is 2.33 bits per heavy atom. The van der Waals surface area contributed by atoms with Crippen LogP contribution in [0.4, 0.5) is 0 Å². The Morgan fingerprint density at radius 2 is 1.76 bits per heavy atom. The average Bonchev–Trinajstić information content (AvgIpc) is 2.43. The Labute approximate surface area is 134 Å². The molecule has 0 unspecified atom stereocenters. The number of β-amino-alcohol motifs (C(OH)–C–C–N with tert-alkyl or cyclic N) is 1. The minimum absolute atomic E-state index is 0.108. The highest BCUT2D eigenvalue weighted by molar-refractivity contribution is 9.10. The van der Waals surface area contributed by atoms with Gasteiger partial charge in [0, 0.05) is 37.2 Å². The predicted molar refractivity (Wildman–Crippen MR) is 85.9 cm³/mol. The van der Waals surface area contributed by atoms with Crippen LogP contribution in [0, 0.1) is 13.8 Å². The molecule has 1 aromatic carbocycles. The molecule has 118 valence electrons. The molecule has 1 N–H and O–H groups in total. The minimum atomic E-state index is -3.46. The SMILES string of the molecule is Cc1cc(C)c(S(=O)(=O)N2CCN(CCO)CC2)cc1Br. The van der Waals surface area contributed by atoms with Gasteiger partial charge in [-0.2, -0.15) is 4.31 Å². The molecule has 1 fully saturated rings. The predicted octanol–water partition coefficient (Wildman–Crippen LogP) is 1.36. The molecule has 0 bridgehead atoms. The van der Waals surface area contributed by atoms with Crippen LogP contribution in [0.5, 0.6) is 0 Å². The number of sulfonamides is 1. The van der Waals surface area contributed by atoms with E-state index in [0.29, 0.717) is 37.6 Å². The monoisotopic (exact) mass is 376 g/mol. The zero-order chi connectivity index (χ0) is 15.6. The van der Waals surface area contributed by atoms with Crippen molar-refractivity contribution in [1.29, 1.82) is 0 Å². The van der Waals surface area contributed by atoms with Gasteiger partial charge in [0.1, 0.15) is 0 Å². The number of nitrogens with zero attached hydrogens (tertiary/aromatic N) is 2. The number of aliphatic hydroxyl groups excluding tert-OH is 1. The van der Waals surface area contributed by atoms with Crippen molar-refractivity contribution >= 4 is 26.0 Å². The first-order valence-corrected chi connectivity index (χ1v) is 9.19. The van der Waals surface area contributed by atoms with Crippen LogP contribution in [0.3, 0.4) is 0 Å². The van der Waals surface area contributed by atoms with Crippen molar-refractivity contribution < 1.29 is 13.5 Å². The third-order valence-electron chi connectivity index (χ3n) is 3.82. The van der Waals surface area contributed by atoms with Crippen molar-refractivity contribution in [3.05, 3.63) is 27.7 Å². The number of aliphatic hydroxyl groups is 1. The van der Waals surface area contributed by atoms with Gasteiger partial charge in [-0.3, -0.25) is 4.90 Å². The summed E-state index contributed by atoms with van der Waals surface area (Å²) in [6, 6.07) is 3.58. The molecule has 0 aliphatic carbocycles. The van der Waals surface area contributed by atoms with Gasteiger partial charge in [0.2, 0.25) is 10.0 Å². The van der Waals surface area contributed by atoms with Gasteiger partial charge in [-0.05, 0) is 31.0 Å². The van der Waals surface area contributed by atoms with Crippen LogP contribution in [-0.2, 0) is 10.0 Å². The lowest BCUT2D eigenvalue weighted by molar-refractivity contribution is 0.151. The van der Waals surface area contributed by atoms with Crippen molar-refractivity contribution in [2.24, 2.45) is 0 Å². The summed E-state index contributed by atoms with van der Waals surface area (Å²) in [5.74, 6) is 0. The first-order chi connectivity index (χ1) is 9.86. The molecule has 0 amide bonds. The summed E-state index contributed by atoms with van der Waals surface area (Å²) < 4.78 is 27.9. The van der Waals surface area contributed by atoms with Crippen molar-refractivity contribution in [3.63, 3.8) is 0 Å². The lowest BCUT2D eigenvalue weighted by atomic mass is 10.2. The zero-order valence-corrected chi connectivity index (χ0v) is 14.7. The molecule has 0 spiro atoms. The van der Waals surface area contributed by atoms with Gasteiger partial charge < -0.3 is 5.11 Å². The highest BCUT2D eigenvalue weighted by Gasteiger charge is 2.29. The van der Waals surface area contributed by atoms with Gasteiger partial charge in [-0.15, -0.1) is 0 Å². The number of benzene rings is 1. The highest BCUT2D eigenvalue weighted by Crippen LogP contribution is 2.27. The summed E-state index contributed by atoms with van der Waals surface area (Å²) in [5.41, 5.74) is 1.80. The molecule has 7 heteroatoms. The van der Waals surface area contributed by atoms with E-state index in [1.807, 2.05) is 19.9 Å². The van der Waals surface area contributed by atoms with Gasteiger partial charge in [0.05, 0.1) is 11.5 Å². The first kappa shape index (κ1) is 16.9. The van der Waals surface area contributed by atoms with E-state index < -0.39 is 10.0 Å². The summed E-state index contributed by atoms with van der Waals surface area (Å²) in [6.07, 6.45) is 0. The quantitative estimate of drug-likeness (QED) is 0.861. The molecule has 0 aromatic heterocycles. The molecule has 21 heavy (non-hydrogen) atoms. The summed E-state index contributed by atoms with van der Waals surface area (Å²) in [6.45, 7) is 6.73. The topological polar surface area (TPSA) is 60.9 Å². The Balaban J connectivity index is 2.22. The van der Waals surface area contributed by atoms with Crippen LogP contribution in [0.1, 0.15) is 11.1 Å². The number of aryl methyl sites for hydroxylation is 2. The number of halogens is 1. The maximum Gasteiger partial charge on any atom is 0.243 e. The maximum atomic E-state index is 12.8. The van der Waals surface area contributed by atoms with Gasteiger partial charge in [0.25, 0.3) is 0 Å². The molecular formula is C14H21BrN2O3S. The molecule has 0 radical (unpaired) electrons. The second kappa shape index (κ2) is 6.75. The highest BCUT2D eigenvalue weighted by atomic mass is 79.9. The Morgan fingerprint density at radius 1 is 1.14 bits per heavy atom. The summed E-state index contributed by atoms with van der Waals surface area (Å²) >= 11 is 3.41. The van der Waals surface area contributed by atoms with E-state index in [-0.39, 0.29) is 6.61 Å². The van der Waals surface area contributed by atoms with Crippen molar-refractivity contribution in [3.8, 4) is 0 Å². The van der Waals surface area contributed by atoms with E-state index in [0.717, 1.165) is 15.6 Å². The van der Waals surface area contributed by atoms with Crippen molar-refractivity contribution in [2.45, 2.75) is 18.7 Å². The van der Waals surface area contributed by atoms with E-state index in [2.05, 4.69) is 20.8 Å². The van der Waals surface area contributed by atoms with Crippen molar-refractivity contribution in [1.82, 2.24) is 9.21 Å². The fourth-order valence-electron chi connectivity index (χ4n) is 2.56. The molecule has 5 nitrogen and oxygen atoms in total. The maximum absolute atomic E-state index is 12.8. The van der Waals surface area contributed by atoms with Gasteiger partial charge in [0.15, 0.2) is 0 Å². The molecule has 0 saturated carbocycles. The van der Waals surface area contributed by atoms with E-state index >= 15 is 0 Å². The van der Waals surface area contributed by atoms with Crippen LogP contribution in [0.25, 0.3) is 0 Å². The van der Waals surface area contributed by atoms with Gasteiger partial charge in [-0.25, -0.2) is 8.42 Å². The fraction of sp³-hybridized carbons (Fsp3) is 0.571. The van der Waals surface area contributed by atoms with Crippen LogP contribution in [-0.4, -0.2) is 62.1 Å². The van der Waals surface area contributed by atoms with Crippen molar-refractivity contribution in [2.75, 3.05) is 39.3 Å². The molecule has 1 aromatic rings. The average molecular weight is 377 g/mol. The third-order valence-corrected chi connectivity index (χ3v) is 6.72. The minimum Gasteiger partial charge on any atom is -0.395 e. The molecule has 1 aliphatic heterocycles. The van der Waals surface area contributed by atoms with E-state index in [9.17, 15) is 8.42 Å². The molecular weight excluding hydrogens is 356 g/mol. The van der Waals surface area contributed by atoms with Crippen LogP contribution >= 0.6 is 15.9 Å². The Bertz CT molecular complexity index is 611. The number of rotatable bonds is 4. The largest absolute Gasteiger partial charge is 0.395 e. The molecule has 0 atom stereocenters. The van der Waals surface area contributed by atoms with Crippen LogP contribution < -0.4 is 0 Å². The number of piperazine rings is 1. The molecule has 1 aliphatic rings. The lowest BCUT2D eigenvalue weighted by Gasteiger charge is -2.33. The summed E-state index contributed by atoms with van der Waals surface area (Å²) in [7, 11) is -3.46. The van der Waals surface area contributed by atoms with Gasteiger partial charge in [-0.1, -0.05) is 22.0 Å². The lowest BCUT2D eigenvalue weighted by Crippen LogP contribution is -2.49. The molecule has 1 heterocycles. The van der Waals surface area contributed by atoms with Crippen LogP contribution in [0.2, 0.25) is 0 Å². The zero-order valence-electron chi connectivity index (χ0n) is 12.3. The smallest absolute Gasteiger partial charge is 0.243 e. The second-order valence-electron chi connectivity index (χ2n) is 5.34. The first-order valence-electron chi connectivity index (χ1n) is 6.96. The Hall–Kier alpha value is -0.470. The molecule has 1 saturated heterocycles. The molecule has 2 rings (SSSR count).